The van der Waals surface area contributed by atoms with Gasteiger partial charge < -0.3 is 5.32 Å². The van der Waals surface area contributed by atoms with Crippen LogP contribution in [0.4, 0.5) is 11.4 Å². The normalized spacial score (nSPS) is 12.9. The maximum absolute atomic E-state index is 12.3. The fourth-order valence-electron chi connectivity index (χ4n) is 2.95. The molecule has 0 radical (unpaired) electrons. The SMILES string of the molecule is Cc1cc([N+](=O)[O-])ccc1NC(=O)CCCN1C(=O)c2ccccc2C1=O. The van der Waals surface area contributed by atoms with Gasteiger partial charge in [-0.05, 0) is 37.1 Å². The Hall–Kier alpha value is -3.55. The van der Waals surface area contributed by atoms with Crippen molar-refractivity contribution in [1.82, 2.24) is 4.90 Å². The molecule has 2 aromatic carbocycles. The Morgan fingerprint density at radius 3 is 2.30 bits per heavy atom. The van der Waals surface area contributed by atoms with E-state index in [4.69, 9.17) is 0 Å². The molecule has 1 aliphatic heterocycles. The molecule has 0 spiro atoms. The van der Waals surface area contributed by atoms with E-state index in [1.807, 2.05) is 0 Å². The molecule has 0 atom stereocenters. The molecular weight excluding hydrogens is 350 g/mol. The van der Waals surface area contributed by atoms with Crippen molar-refractivity contribution in [2.45, 2.75) is 19.8 Å². The summed E-state index contributed by atoms with van der Waals surface area (Å²) >= 11 is 0. The number of fused-ring (bicyclic) bond motifs is 1. The topological polar surface area (TPSA) is 110 Å². The third-order valence-corrected chi connectivity index (χ3v) is 4.36. The molecule has 0 saturated heterocycles. The highest BCUT2D eigenvalue weighted by Crippen LogP contribution is 2.23. The second kappa shape index (κ2) is 7.36. The Bertz CT molecular complexity index is 919. The highest BCUT2D eigenvalue weighted by atomic mass is 16.6. The van der Waals surface area contributed by atoms with Crippen LogP contribution in [0.2, 0.25) is 0 Å². The van der Waals surface area contributed by atoms with Crippen molar-refractivity contribution in [3.8, 4) is 0 Å². The molecule has 0 unspecified atom stereocenters. The average molecular weight is 367 g/mol. The van der Waals surface area contributed by atoms with E-state index in [-0.39, 0.29) is 36.4 Å². The quantitative estimate of drug-likeness (QED) is 0.479. The first kappa shape index (κ1) is 18.2. The molecule has 0 saturated carbocycles. The van der Waals surface area contributed by atoms with Crippen LogP contribution in [0.3, 0.4) is 0 Å². The van der Waals surface area contributed by atoms with E-state index in [0.717, 1.165) is 4.90 Å². The van der Waals surface area contributed by atoms with Gasteiger partial charge in [0, 0.05) is 30.8 Å². The van der Waals surface area contributed by atoms with Gasteiger partial charge in [0.1, 0.15) is 0 Å². The molecule has 1 heterocycles. The summed E-state index contributed by atoms with van der Waals surface area (Å²) in [7, 11) is 0. The molecule has 1 aliphatic rings. The van der Waals surface area contributed by atoms with Gasteiger partial charge in [-0.3, -0.25) is 29.4 Å². The third kappa shape index (κ3) is 3.69. The fourth-order valence-corrected chi connectivity index (χ4v) is 2.95. The minimum absolute atomic E-state index is 0.0453. The number of carbonyl (C=O) groups excluding carboxylic acids is 3. The van der Waals surface area contributed by atoms with Gasteiger partial charge in [-0.25, -0.2) is 0 Å². The van der Waals surface area contributed by atoms with Gasteiger partial charge in [-0.15, -0.1) is 0 Å². The van der Waals surface area contributed by atoms with E-state index in [0.29, 0.717) is 28.8 Å². The third-order valence-electron chi connectivity index (χ3n) is 4.36. The lowest BCUT2D eigenvalue weighted by atomic mass is 10.1. The highest BCUT2D eigenvalue weighted by Gasteiger charge is 2.34. The number of rotatable bonds is 6. The minimum atomic E-state index is -0.499. The van der Waals surface area contributed by atoms with Crippen molar-refractivity contribution >= 4 is 29.1 Å². The molecule has 138 valence electrons. The van der Waals surface area contributed by atoms with Crippen LogP contribution in [0.25, 0.3) is 0 Å². The maximum atomic E-state index is 12.3. The maximum Gasteiger partial charge on any atom is 0.269 e. The van der Waals surface area contributed by atoms with Crippen molar-refractivity contribution in [2.24, 2.45) is 0 Å². The number of non-ortho nitro benzene ring substituents is 1. The number of imide groups is 1. The zero-order valence-electron chi connectivity index (χ0n) is 14.6. The van der Waals surface area contributed by atoms with Crippen LogP contribution in [0.15, 0.2) is 42.5 Å². The Labute approximate surface area is 154 Å². The molecule has 0 aliphatic carbocycles. The number of nitrogens with zero attached hydrogens (tertiary/aromatic N) is 2. The minimum Gasteiger partial charge on any atom is -0.326 e. The van der Waals surface area contributed by atoms with Crippen molar-refractivity contribution in [3.63, 3.8) is 0 Å². The molecule has 1 N–H and O–H groups in total. The van der Waals surface area contributed by atoms with Crippen LogP contribution < -0.4 is 5.32 Å². The lowest BCUT2D eigenvalue weighted by molar-refractivity contribution is -0.384. The van der Waals surface area contributed by atoms with Crippen LogP contribution in [-0.4, -0.2) is 34.1 Å². The molecular formula is C19H17N3O5. The van der Waals surface area contributed by atoms with Crippen molar-refractivity contribution in [2.75, 3.05) is 11.9 Å². The Morgan fingerprint density at radius 1 is 1.11 bits per heavy atom. The monoisotopic (exact) mass is 367 g/mol. The van der Waals surface area contributed by atoms with Crippen LogP contribution in [0, 0.1) is 17.0 Å². The lowest BCUT2D eigenvalue weighted by Crippen LogP contribution is -2.31. The Kier molecular flexibility index (Phi) is 4.98. The summed E-state index contributed by atoms with van der Waals surface area (Å²) in [5.41, 5.74) is 1.79. The summed E-state index contributed by atoms with van der Waals surface area (Å²) < 4.78 is 0. The summed E-state index contributed by atoms with van der Waals surface area (Å²) in [6.07, 6.45) is 0.438. The molecule has 27 heavy (non-hydrogen) atoms. The zero-order valence-corrected chi connectivity index (χ0v) is 14.6. The van der Waals surface area contributed by atoms with Gasteiger partial charge >= 0.3 is 0 Å². The smallest absolute Gasteiger partial charge is 0.269 e. The van der Waals surface area contributed by atoms with Gasteiger partial charge in [0.05, 0.1) is 16.1 Å². The van der Waals surface area contributed by atoms with Crippen LogP contribution in [0.5, 0.6) is 0 Å². The van der Waals surface area contributed by atoms with Crippen LogP contribution in [-0.2, 0) is 4.79 Å². The molecule has 8 heteroatoms. The molecule has 0 bridgehead atoms. The number of carbonyl (C=O) groups is 3. The summed E-state index contributed by atoms with van der Waals surface area (Å²) in [6, 6.07) is 10.8. The molecule has 0 aromatic heterocycles. The highest BCUT2D eigenvalue weighted by molar-refractivity contribution is 6.21. The number of aryl methyl sites for hydroxylation is 1. The number of nitrogens with one attached hydrogen (secondary N) is 1. The van der Waals surface area contributed by atoms with Crippen molar-refractivity contribution in [1.29, 1.82) is 0 Å². The van der Waals surface area contributed by atoms with Gasteiger partial charge in [0.25, 0.3) is 17.5 Å². The number of nitro groups is 1. The molecule has 0 fully saturated rings. The van der Waals surface area contributed by atoms with Crippen LogP contribution in [0.1, 0.15) is 39.1 Å². The first-order chi connectivity index (χ1) is 12.9. The number of hydrogen-bond donors (Lipinski definition) is 1. The zero-order chi connectivity index (χ0) is 19.6. The standard InChI is InChI=1S/C19H17N3O5/c1-12-11-13(22(26)27)8-9-16(12)20-17(23)7-4-10-21-18(24)14-5-2-3-6-15(14)19(21)25/h2-3,5-6,8-9,11H,4,7,10H2,1H3,(H,20,23). The Morgan fingerprint density at radius 2 is 1.74 bits per heavy atom. The molecule has 2 aromatic rings. The van der Waals surface area contributed by atoms with Gasteiger partial charge in [-0.2, -0.15) is 0 Å². The molecule has 8 nitrogen and oxygen atoms in total. The number of anilines is 1. The molecule has 3 amide bonds. The van der Waals surface area contributed by atoms with Crippen molar-refractivity contribution in [3.05, 3.63) is 69.3 Å². The first-order valence-electron chi connectivity index (χ1n) is 8.38. The largest absolute Gasteiger partial charge is 0.326 e. The lowest BCUT2D eigenvalue weighted by Gasteiger charge is -2.13. The summed E-state index contributed by atoms with van der Waals surface area (Å²) in [5, 5.41) is 13.4. The fraction of sp³-hybridized carbons (Fsp3) is 0.211. The summed E-state index contributed by atoms with van der Waals surface area (Å²) in [5.74, 6) is -0.979. The van der Waals surface area contributed by atoms with E-state index in [1.165, 1.54) is 18.2 Å². The van der Waals surface area contributed by atoms with Crippen LogP contribution >= 0.6 is 0 Å². The second-order valence-corrected chi connectivity index (χ2v) is 6.22. The first-order valence-corrected chi connectivity index (χ1v) is 8.38. The van der Waals surface area contributed by atoms with Gasteiger partial charge in [0.15, 0.2) is 0 Å². The molecule has 3 rings (SSSR count). The van der Waals surface area contributed by atoms with E-state index >= 15 is 0 Å². The summed E-state index contributed by atoms with van der Waals surface area (Å²) in [4.78, 5) is 48.0. The number of nitro benzene ring substituents is 1. The van der Waals surface area contributed by atoms with Gasteiger partial charge in [-0.1, -0.05) is 12.1 Å². The number of benzene rings is 2. The average Bonchev–Trinajstić information content (AvgIpc) is 2.88. The number of amides is 3. The predicted octanol–water partition coefficient (Wildman–Crippen LogP) is 2.92. The van der Waals surface area contributed by atoms with E-state index in [1.54, 1.807) is 31.2 Å². The van der Waals surface area contributed by atoms with E-state index < -0.39 is 4.92 Å². The van der Waals surface area contributed by atoms with E-state index in [9.17, 15) is 24.5 Å². The van der Waals surface area contributed by atoms with E-state index in [2.05, 4.69) is 5.32 Å². The Balaban J connectivity index is 1.54. The number of hydrogen-bond acceptors (Lipinski definition) is 5. The predicted molar refractivity (Wildman–Crippen MR) is 97.5 cm³/mol. The van der Waals surface area contributed by atoms with Crippen molar-refractivity contribution < 1.29 is 19.3 Å². The second-order valence-electron chi connectivity index (χ2n) is 6.22. The van der Waals surface area contributed by atoms with Gasteiger partial charge in [0.2, 0.25) is 5.91 Å². The summed E-state index contributed by atoms with van der Waals surface area (Å²) in [6.45, 7) is 1.82.